The van der Waals surface area contributed by atoms with Crippen LogP contribution in [0.2, 0.25) is 0 Å². The number of alkyl halides is 3. The van der Waals surface area contributed by atoms with Crippen LogP contribution in [-0.2, 0) is 6.18 Å². The summed E-state index contributed by atoms with van der Waals surface area (Å²) in [6, 6.07) is 3.80. The van der Waals surface area contributed by atoms with E-state index in [1.54, 1.807) is 6.08 Å². The molecule has 0 radical (unpaired) electrons. The fourth-order valence-electron chi connectivity index (χ4n) is 2.79. The number of ether oxygens (including phenoxy) is 1. The number of hydrogen-bond donors (Lipinski definition) is 1. The number of nitrogens with zero attached hydrogens (tertiary/aromatic N) is 3. The molecule has 2 aliphatic rings. The zero-order valence-electron chi connectivity index (χ0n) is 13.1. The molecule has 0 spiro atoms. The van der Waals surface area contributed by atoms with Gasteiger partial charge < -0.3 is 15.0 Å². The highest BCUT2D eigenvalue weighted by molar-refractivity contribution is 7.10. The molecule has 9 heteroatoms. The number of rotatable bonds is 2. The molecule has 4 rings (SSSR count). The summed E-state index contributed by atoms with van der Waals surface area (Å²) in [5, 5.41) is 4.64. The highest BCUT2D eigenvalue weighted by Crippen LogP contribution is 2.35. The van der Waals surface area contributed by atoms with Crippen molar-refractivity contribution in [1.82, 2.24) is 15.3 Å². The van der Waals surface area contributed by atoms with Gasteiger partial charge in [-0.15, -0.1) is 11.3 Å². The molecule has 5 nitrogen and oxygen atoms in total. The number of piperazine rings is 1. The highest BCUT2D eigenvalue weighted by atomic mass is 32.1. The largest absolute Gasteiger partial charge is 0.472 e. The first-order chi connectivity index (χ1) is 12.0. The van der Waals surface area contributed by atoms with E-state index in [0.29, 0.717) is 16.5 Å². The molecule has 0 aromatic carbocycles. The third-order valence-electron chi connectivity index (χ3n) is 4.08. The van der Waals surface area contributed by atoms with Gasteiger partial charge in [0, 0.05) is 42.7 Å². The molecular weight excluding hydrogens is 353 g/mol. The molecular formula is C16H15F3N4OS. The SMILES string of the molecule is FC(F)(F)c1csc(C2=Cc3ccc(N4CCNCC4)nc3OC2)n1. The summed E-state index contributed by atoms with van der Waals surface area (Å²) in [6.07, 6.45) is -2.63. The van der Waals surface area contributed by atoms with Crippen molar-refractivity contribution in [2.45, 2.75) is 6.18 Å². The number of hydrogen-bond acceptors (Lipinski definition) is 6. The van der Waals surface area contributed by atoms with E-state index in [-0.39, 0.29) is 6.61 Å². The van der Waals surface area contributed by atoms with Crippen molar-refractivity contribution >= 4 is 28.8 Å². The first-order valence-electron chi connectivity index (χ1n) is 7.84. The van der Waals surface area contributed by atoms with Gasteiger partial charge in [-0.2, -0.15) is 18.2 Å². The van der Waals surface area contributed by atoms with E-state index in [0.717, 1.165) is 54.3 Å². The lowest BCUT2D eigenvalue weighted by atomic mass is 10.1. The summed E-state index contributed by atoms with van der Waals surface area (Å²) in [6.45, 7) is 3.75. The van der Waals surface area contributed by atoms with Crippen LogP contribution < -0.4 is 15.0 Å². The highest BCUT2D eigenvalue weighted by Gasteiger charge is 2.34. The number of anilines is 1. The molecule has 25 heavy (non-hydrogen) atoms. The first-order valence-corrected chi connectivity index (χ1v) is 8.72. The fourth-order valence-corrected chi connectivity index (χ4v) is 3.62. The Balaban J connectivity index is 1.59. The van der Waals surface area contributed by atoms with Gasteiger partial charge >= 0.3 is 6.18 Å². The van der Waals surface area contributed by atoms with Crippen LogP contribution in [0.5, 0.6) is 5.88 Å². The van der Waals surface area contributed by atoms with Crippen molar-refractivity contribution in [3.8, 4) is 5.88 Å². The molecule has 1 N–H and O–H groups in total. The number of fused-ring (bicyclic) bond motifs is 1. The Bertz CT molecular complexity index is 812. The minimum atomic E-state index is -4.43. The van der Waals surface area contributed by atoms with Crippen LogP contribution in [-0.4, -0.2) is 42.8 Å². The third kappa shape index (κ3) is 3.34. The molecule has 0 aliphatic carbocycles. The average Bonchev–Trinajstić information content (AvgIpc) is 3.12. The molecule has 0 bridgehead atoms. The quantitative estimate of drug-likeness (QED) is 0.883. The zero-order valence-corrected chi connectivity index (χ0v) is 14.0. The lowest BCUT2D eigenvalue weighted by molar-refractivity contribution is -0.140. The molecule has 0 amide bonds. The van der Waals surface area contributed by atoms with E-state index >= 15 is 0 Å². The lowest BCUT2D eigenvalue weighted by Gasteiger charge is -2.29. The number of thiazole rings is 1. The van der Waals surface area contributed by atoms with Crippen LogP contribution in [0.15, 0.2) is 17.5 Å². The molecule has 0 saturated carbocycles. The lowest BCUT2D eigenvalue weighted by Crippen LogP contribution is -2.43. The van der Waals surface area contributed by atoms with Crippen LogP contribution >= 0.6 is 11.3 Å². The normalized spacial score (nSPS) is 17.7. The van der Waals surface area contributed by atoms with Gasteiger partial charge in [0.15, 0.2) is 5.69 Å². The maximum atomic E-state index is 12.7. The van der Waals surface area contributed by atoms with Gasteiger partial charge in [-0.05, 0) is 18.2 Å². The number of pyridine rings is 1. The van der Waals surface area contributed by atoms with E-state index in [1.165, 1.54) is 0 Å². The van der Waals surface area contributed by atoms with Crippen molar-refractivity contribution in [3.63, 3.8) is 0 Å². The molecule has 2 aromatic heterocycles. The number of aromatic nitrogens is 2. The minimum absolute atomic E-state index is 0.163. The van der Waals surface area contributed by atoms with Crippen LogP contribution in [0.25, 0.3) is 11.6 Å². The van der Waals surface area contributed by atoms with Crippen LogP contribution in [0.4, 0.5) is 19.0 Å². The molecule has 132 valence electrons. The molecule has 2 aromatic rings. The second-order valence-electron chi connectivity index (χ2n) is 5.79. The molecule has 4 heterocycles. The second-order valence-corrected chi connectivity index (χ2v) is 6.65. The topological polar surface area (TPSA) is 50.3 Å². The Hall–Kier alpha value is -2.13. The second kappa shape index (κ2) is 6.30. The Morgan fingerprint density at radius 3 is 2.68 bits per heavy atom. The third-order valence-corrected chi connectivity index (χ3v) is 5.00. The maximum absolute atomic E-state index is 12.7. The van der Waals surface area contributed by atoms with Crippen LogP contribution in [0.3, 0.4) is 0 Å². The Morgan fingerprint density at radius 1 is 1.16 bits per heavy atom. The van der Waals surface area contributed by atoms with Gasteiger partial charge in [-0.3, -0.25) is 0 Å². The Labute approximate surface area is 146 Å². The molecule has 0 atom stereocenters. The number of halogens is 3. The minimum Gasteiger partial charge on any atom is -0.472 e. The van der Waals surface area contributed by atoms with E-state index in [2.05, 4.69) is 20.2 Å². The number of nitrogens with one attached hydrogen (secondary N) is 1. The van der Waals surface area contributed by atoms with Crippen LogP contribution in [0.1, 0.15) is 16.3 Å². The summed E-state index contributed by atoms with van der Waals surface area (Å²) in [7, 11) is 0. The van der Waals surface area contributed by atoms with Gasteiger partial charge in [-0.25, -0.2) is 4.98 Å². The zero-order chi connectivity index (χ0) is 17.4. The summed E-state index contributed by atoms with van der Waals surface area (Å²) < 4.78 is 43.8. The van der Waals surface area contributed by atoms with Gasteiger partial charge in [0.1, 0.15) is 17.4 Å². The van der Waals surface area contributed by atoms with Gasteiger partial charge in [-0.1, -0.05) is 0 Å². The predicted octanol–water partition coefficient (Wildman–Crippen LogP) is 2.90. The van der Waals surface area contributed by atoms with Crippen molar-refractivity contribution in [3.05, 3.63) is 33.8 Å². The molecule has 1 saturated heterocycles. The predicted molar refractivity (Wildman–Crippen MR) is 89.8 cm³/mol. The summed E-state index contributed by atoms with van der Waals surface area (Å²) in [5.41, 5.74) is 0.514. The Morgan fingerprint density at radius 2 is 1.96 bits per heavy atom. The molecule has 0 unspecified atom stereocenters. The standard InChI is InChI=1S/C16H15F3N4OS/c17-16(18,19)12-9-25-15(21-12)11-7-10-1-2-13(22-14(10)24-8-11)23-5-3-20-4-6-23/h1-2,7,9,20H,3-6,8H2. The van der Waals surface area contributed by atoms with Gasteiger partial charge in [0.25, 0.3) is 0 Å². The molecule has 2 aliphatic heterocycles. The van der Waals surface area contributed by atoms with Crippen molar-refractivity contribution in [1.29, 1.82) is 0 Å². The average molecular weight is 368 g/mol. The van der Waals surface area contributed by atoms with E-state index < -0.39 is 11.9 Å². The van der Waals surface area contributed by atoms with Crippen molar-refractivity contribution in [2.24, 2.45) is 0 Å². The summed E-state index contributed by atoms with van der Waals surface area (Å²) >= 11 is 0.968. The monoisotopic (exact) mass is 368 g/mol. The van der Waals surface area contributed by atoms with Gasteiger partial charge in [0.05, 0.1) is 0 Å². The smallest absolute Gasteiger partial charge is 0.434 e. The summed E-state index contributed by atoms with van der Waals surface area (Å²) in [4.78, 5) is 10.4. The van der Waals surface area contributed by atoms with Crippen molar-refractivity contribution < 1.29 is 17.9 Å². The van der Waals surface area contributed by atoms with Gasteiger partial charge in [0.2, 0.25) is 5.88 Å². The maximum Gasteiger partial charge on any atom is 0.434 e. The van der Waals surface area contributed by atoms with E-state index in [9.17, 15) is 13.2 Å². The first kappa shape index (κ1) is 16.3. The fraction of sp³-hybridized carbons (Fsp3) is 0.375. The summed E-state index contributed by atoms with van der Waals surface area (Å²) in [5.74, 6) is 1.36. The van der Waals surface area contributed by atoms with E-state index in [1.807, 2.05) is 12.1 Å². The molecule has 1 fully saturated rings. The van der Waals surface area contributed by atoms with Crippen molar-refractivity contribution in [2.75, 3.05) is 37.7 Å². The Kier molecular flexibility index (Phi) is 4.12. The van der Waals surface area contributed by atoms with E-state index in [4.69, 9.17) is 4.74 Å². The van der Waals surface area contributed by atoms with Crippen LogP contribution in [0, 0.1) is 0 Å².